The van der Waals surface area contributed by atoms with Crippen LogP contribution >= 0.6 is 0 Å². The number of nitrogens with zero attached hydrogens (tertiary/aromatic N) is 2. The van der Waals surface area contributed by atoms with Crippen LogP contribution in [0.2, 0.25) is 0 Å². The quantitative estimate of drug-likeness (QED) is 0.912. The Bertz CT molecular complexity index is 489. The molecule has 1 aromatic rings. The third kappa shape index (κ3) is 3.63. The molecule has 1 unspecified atom stereocenters. The molecule has 2 aliphatic rings. The van der Waals surface area contributed by atoms with Crippen molar-refractivity contribution < 1.29 is 4.79 Å². The van der Waals surface area contributed by atoms with E-state index in [0.29, 0.717) is 5.91 Å². The van der Waals surface area contributed by atoms with E-state index in [9.17, 15) is 4.79 Å². The molecule has 0 aliphatic carbocycles. The van der Waals surface area contributed by atoms with Gasteiger partial charge in [-0.1, -0.05) is 29.8 Å². The first-order valence-corrected chi connectivity index (χ1v) is 8.02. The number of carbonyl (C=O) groups excluding carboxylic acids is 1. The predicted molar refractivity (Wildman–Crippen MR) is 84.1 cm³/mol. The fourth-order valence-corrected chi connectivity index (χ4v) is 3.31. The van der Waals surface area contributed by atoms with Crippen LogP contribution in [0.25, 0.3) is 0 Å². The zero-order chi connectivity index (χ0) is 14.7. The Kier molecular flexibility index (Phi) is 4.56. The Hall–Kier alpha value is -1.39. The lowest BCUT2D eigenvalue weighted by Crippen LogP contribution is -2.52. The molecule has 0 aromatic heterocycles. The maximum atomic E-state index is 12.4. The van der Waals surface area contributed by atoms with Crippen LogP contribution in [-0.2, 0) is 11.3 Å². The summed E-state index contributed by atoms with van der Waals surface area (Å²) in [6.45, 7) is 7.80. The first-order chi connectivity index (χ1) is 10.2. The number of benzene rings is 1. The van der Waals surface area contributed by atoms with Gasteiger partial charge >= 0.3 is 0 Å². The third-order valence-corrected chi connectivity index (χ3v) is 4.53. The molecule has 0 spiro atoms. The van der Waals surface area contributed by atoms with E-state index in [4.69, 9.17) is 0 Å². The highest BCUT2D eigenvalue weighted by molar-refractivity contribution is 5.82. The van der Waals surface area contributed by atoms with Gasteiger partial charge in [-0.15, -0.1) is 0 Å². The summed E-state index contributed by atoms with van der Waals surface area (Å²) in [7, 11) is 0. The largest absolute Gasteiger partial charge is 0.339 e. The van der Waals surface area contributed by atoms with Crippen molar-refractivity contribution in [2.24, 2.45) is 0 Å². The van der Waals surface area contributed by atoms with E-state index in [1.165, 1.54) is 11.1 Å². The fraction of sp³-hybridized carbons (Fsp3) is 0.588. The van der Waals surface area contributed by atoms with E-state index in [0.717, 1.165) is 52.1 Å². The van der Waals surface area contributed by atoms with Crippen LogP contribution in [0.5, 0.6) is 0 Å². The van der Waals surface area contributed by atoms with Gasteiger partial charge in [0.1, 0.15) is 0 Å². The molecule has 2 heterocycles. The van der Waals surface area contributed by atoms with E-state index < -0.39 is 0 Å². The third-order valence-electron chi connectivity index (χ3n) is 4.53. The lowest BCUT2D eigenvalue weighted by atomic mass is 10.1. The average Bonchev–Trinajstić information content (AvgIpc) is 3.01. The van der Waals surface area contributed by atoms with Crippen LogP contribution in [-0.4, -0.2) is 54.5 Å². The van der Waals surface area contributed by atoms with Gasteiger partial charge in [0.05, 0.1) is 6.04 Å². The van der Waals surface area contributed by atoms with Crippen molar-refractivity contribution in [3.63, 3.8) is 0 Å². The molecule has 114 valence electrons. The van der Waals surface area contributed by atoms with Crippen molar-refractivity contribution in [1.29, 1.82) is 0 Å². The maximum Gasteiger partial charge on any atom is 0.239 e. The molecule has 2 saturated heterocycles. The van der Waals surface area contributed by atoms with Crippen molar-refractivity contribution in [1.82, 2.24) is 15.1 Å². The van der Waals surface area contributed by atoms with Gasteiger partial charge in [-0.3, -0.25) is 9.69 Å². The van der Waals surface area contributed by atoms with Crippen molar-refractivity contribution in [2.75, 3.05) is 32.7 Å². The summed E-state index contributed by atoms with van der Waals surface area (Å²) in [5, 5.41) is 3.31. The Morgan fingerprint density at radius 3 is 2.76 bits per heavy atom. The van der Waals surface area contributed by atoms with Crippen LogP contribution < -0.4 is 5.32 Å². The lowest BCUT2D eigenvalue weighted by Gasteiger charge is -2.36. The highest BCUT2D eigenvalue weighted by atomic mass is 16.2. The van der Waals surface area contributed by atoms with Crippen molar-refractivity contribution >= 4 is 5.91 Å². The Labute approximate surface area is 127 Å². The highest BCUT2D eigenvalue weighted by Crippen LogP contribution is 2.13. The SMILES string of the molecule is Cc1cccc(CN2CCN(C(=O)C3CCCN3)CC2)c1. The second-order valence-corrected chi connectivity index (χ2v) is 6.24. The first-order valence-electron chi connectivity index (χ1n) is 8.02. The number of nitrogens with one attached hydrogen (secondary N) is 1. The fourth-order valence-electron chi connectivity index (χ4n) is 3.31. The van der Waals surface area contributed by atoms with E-state index >= 15 is 0 Å². The number of piperazine rings is 1. The van der Waals surface area contributed by atoms with Gasteiger partial charge < -0.3 is 10.2 Å². The Morgan fingerprint density at radius 1 is 1.29 bits per heavy atom. The predicted octanol–water partition coefficient (Wildman–Crippen LogP) is 1.39. The van der Waals surface area contributed by atoms with E-state index in [-0.39, 0.29) is 6.04 Å². The second-order valence-electron chi connectivity index (χ2n) is 6.24. The second kappa shape index (κ2) is 6.58. The number of aryl methyl sites for hydroxylation is 1. The van der Waals surface area contributed by atoms with Crippen molar-refractivity contribution in [3.8, 4) is 0 Å². The molecule has 4 heteroatoms. The summed E-state index contributed by atoms with van der Waals surface area (Å²) in [5.41, 5.74) is 2.68. The molecular formula is C17H25N3O. The number of amides is 1. The van der Waals surface area contributed by atoms with Crippen molar-refractivity contribution in [2.45, 2.75) is 32.4 Å². The standard InChI is InChI=1S/C17H25N3O/c1-14-4-2-5-15(12-14)13-19-8-10-20(11-9-19)17(21)16-6-3-7-18-16/h2,4-5,12,16,18H,3,6-11,13H2,1H3. The van der Waals surface area contributed by atoms with Crippen LogP contribution in [0, 0.1) is 6.92 Å². The van der Waals surface area contributed by atoms with E-state index in [1.807, 2.05) is 4.90 Å². The van der Waals surface area contributed by atoms with Gasteiger partial charge in [-0.25, -0.2) is 0 Å². The van der Waals surface area contributed by atoms with Crippen LogP contribution in [0.3, 0.4) is 0 Å². The van der Waals surface area contributed by atoms with Gasteiger partial charge in [0.15, 0.2) is 0 Å². The van der Waals surface area contributed by atoms with Crippen LogP contribution in [0.1, 0.15) is 24.0 Å². The molecule has 1 aromatic carbocycles. The van der Waals surface area contributed by atoms with Gasteiger partial charge in [0.25, 0.3) is 0 Å². The molecule has 0 saturated carbocycles. The molecule has 0 bridgehead atoms. The van der Waals surface area contributed by atoms with E-state index in [1.54, 1.807) is 0 Å². The normalized spacial score (nSPS) is 23.5. The highest BCUT2D eigenvalue weighted by Gasteiger charge is 2.29. The molecule has 1 amide bonds. The summed E-state index contributed by atoms with van der Waals surface area (Å²) in [4.78, 5) is 16.8. The van der Waals surface area contributed by atoms with Gasteiger partial charge in [-0.05, 0) is 31.9 Å². The summed E-state index contributed by atoms with van der Waals surface area (Å²) in [5.74, 6) is 0.308. The molecule has 1 N–H and O–H groups in total. The zero-order valence-electron chi connectivity index (χ0n) is 12.8. The van der Waals surface area contributed by atoms with Crippen LogP contribution in [0.15, 0.2) is 24.3 Å². The molecule has 3 rings (SSSR count). The Morgan fingerprint density at radius 2 is 2.10 bits per heavy atom. The zero-order valence-corrected chi connectivity index (χ0v) is 12.8. The number of hydrogen-bond donors (Lipinski definition) is 1. The summed E-state index contributed by atoms with van der Waals surface area (Å²) < 4.78 is 0. The minimum absolute atomic E-state index is 0.0772. The van der Waals surface area contributed by atoms with E-state index in [2.05, 4.69) is 41.4 Å². The summed E-state index contributed by atoms with van der Waals surface area (Å²) >= 11 is 0. The monoisotopic (exact) mass is 287 g/mol. The summed E-state index contributed by atoms with van der Waals surface area (Å²) in [6, 6.07) is 8.77. The maximum absolute atomic E-state index is 12.4. The van der Waals surface area contributed by atoms with Gasteiger partial charge in [0, 0.05) is 32.7 Å². The number of carbonyl (C=O) groups is 1. The Balaban J connectivity index is 1.49. The molecule has 0 radical (unpaired) electrons. The molecule has 4 nitrogen and oxygen atoms in total. The number of rotatable bonds is 3. The first kappa shape index (κ1) is 14.5. The van der Waals surface area contributed by atoms with Gasteiger partial charge in [-0.2, -0.15) is 0 Å². The minimum Gasteiger partial charge on any atom is -0.339 e. The van der Waals surface area contributed by atoms with Crippen molar-refractivity contribution in [3.05, 3.63) is 35.4 Å². The lowest BCUT2D eigenvalue weighted by molar-refractivity contribution is -0.134. The molecule has 21 heavy (non-hydrogen) atoms. The van der Waals surface area contributed by atoms with Gasteiger partial charge in [0.2, 0.25) is 5.91 Å². The smallest absolute Gasteiger partial charge is 0.239 e. The van der Waals surface area contributed by atoms with Crippen LogP contribution in [0.4, 0.5) is 0 Å². The summed E-state index contributed by atoms with van der Waals surface area (Å²) in [6.07, 6.45) is 2.13. The topological polar surface area (TPSA) is 35.6 Å². The molecule has 2 fully saturated rings. The average molecular weight is 287 g/mol. The minimum atomic E-state index is 0.0772. The number of hydrogen-bond acceptors (Lipinski definition) is 3. The molecular weight excluding hydrogens is 262 g/mol. The molecule has 2 aliphatic heterocycles. The molecule has 1 atom stereocenters.